The zero-order valence-corrected chi connectivity index (χ0v) is 12.3. The van der Waals surface area contributed by atoms with Crippen molar-refractivity contribution in [3.05, 3.63) is 34.1 Å². The second kappa shape index (κ2) is 6.64. The molecule has 1 N–H and O–H groups in total. The van der Waals surface area contributed by atoms with E-state index in [2.05, 4.69) is 33.1 Å². The fourth-order valence-corrected chi connectivity index (χ4v) is 3.19. The number of hydrogen-bond acceptors (Lipinski definition) is 2. The molecule has 2 nitrogen and oxygen atoms in total. The highest BCUT2D eigenvalue weighted by atomic mass is 79.9. The lowest BCUT2D eigenvalue weighted by molar-refractivity contribution is 0.164. The Morgan fingerprint density at radius 1 is 1.39 bits per heavy atom. The predicted molar refractivity (Wildman–Crippen MR) is 76.2 cm³/mol. The normalized spacial score (nSPS) is 18.8. The molecular weight excluding hydrogens is 295 g/mol. The Labute approximate surface area is 117 Å². The SMILES string of the molecule is CCC[C@H](c1ccc(F)cc1Br)N1CCNCC1. The average molecular weight is 315 g/mol. The molecule has 1 heterocycles. The molecule has 1 fully saturated rings. The Bertz CT molecular complexity index is 391. The van der Waals surface area contributed by atoms with Gasteiger partial charge in [0.2, 0.25) is 0 Å². The Balaban J connectivity index is 2.22. The summed E-state index contributed by atoms with van der Waals surface area (Å²) in [7, 11) is 0. The zero-order valence-electron chi connectivity index (χ0n) is 10.8. The topological polar surface area (TPSA) is 15.3 Å². The van der Waals surface area contributed by atoms with E-state index in [1.807, 2.05) is 6.07 Å². The number of hydrogen-bond donors (Lipinski definition) is 1. The number of piperazine rings is 1. The van der Waals surface area contributed by atoms with Crippen LogP contribution in [0.15, 0.2) is 22.7 Å². The summed E-state index contributed by atoms with van der Waals surface area (Å²) in [6, 6.07) is 5.44. The third-order valence-electron chi connectivity index (χ3n) is 3.48. The molecule has 1 aromatic rings. The molecule has 1 atom stereocenters. The minimum absolute atomic E-state index is 0.179. The van der Waals surface area contributed by atoms with Gasteiger partial charge in [-0.3, -0.25) is 4.90 Å². The van der Waals surface area contributed by atoms with Gasteiger partial charge in [-0.1, -0.05) is 35.3 Å². The molecule has 1 aliphatic heterocycles. The summed E-state index contributed by atoms with van der Waals surface area (Å²) in [5.41, 5.74) is 1.21. The fourth-order valence-electron chi connectivity index (χ4n) is 2.57. The third kappa shape index (κ3) is 3.31. The van der Waals surface area contributed by atoms with Crippen LogP contribution in [0.3, 0.4) is 0 Å². The Kier molecular flexibility index (Phi) is 5.15. The Hall–Kier alpha value is -0.450. The standard InChI is InChI=1S/C14H20BrFN2/c1-2-3-14(18-8-6-17-7-9-18)12-5-4-11(16)10-13(12)15/h4-5,10,14,17H,2-3,6-9H2,1H3/t14-/m1/s1. The monoisotopic (exact) mass is 314 g/mol. The van der Waals surface area contributed by atoms with Crippen molar-refractivity contribution in [3.63, 3.8) is 0 Å². The largest absolute Gasteiger partial charge is 0.314 e. The molecule has 1 aliphatic rings. The second-order valence-electron chi connectivity index (χ2n) is 4.76. The van der Waals surface area contributed by atoms with Crippen molar-refractivity contribution >= 4 is 15.9 Å². The molecule has 0 amide bonds. The number of halogens is 2. The predicted octanol–water partition coefficient (Wildman–Crippen LogP) is 3.33. The second-order valence-corrected chi connectivity index (χ2v) is 5.61. The van der Waals surface area contributed by atoms with Crippen LogP contribution in [0.5, 0.6) is 0 Å². The van der Waals surface area contributed by atoms with Gasteiger partial charge < -0.3 is 5.32 Å². The minimum atomic E-state index is -0.179. The van der Waals surface area contributed by atoms with Crippen LogP contribution in [0.25, 0.3) is 0 Å². The van der Waals surface area contributed by atoms with Crippen molar-refractivity contribution in [3.8, 4) is 0 Å². The molecule has 18 heavy (non-hydrogen) atoms. The lowest BCUT2D eigenvalue weighted by Crippen LogP contribution is -2.45. The van der Waals surface area contributed by atoms with Crippen LogP contribution in [0.4, 0.5) is 4.39 Å². The van der Waals surface area contributed by atoms with E-state index >= 15 is 0 Å². The van der Waals surface area contributed by atoms with Crippen molar-refractivity contribution in [2.24, 2.45) is 0 Å². The fraction of sp³-hybridized carbons (Fsp3) is 0.571. The molecule has 0 aromatic heterocycles. The highest BCUT2D eigenvalue weighted by Gasteiger charge is 2.23. The van der Waals surface area contributed by atoms with Gasteiger partial charge in [-0.05, 0) is 24.1 Å². The summed E-state index contributed by atoms with van der Waals surface area (Å²) >= 11 is 3.50. The molecule has 100 valence electrons. The molecule has 0 unspecified atom stereocenters. The van der Waals surface area contributed by atoms with E-state index in [9.17, 15) is 4.39 Å². The van der Waals surface area contributed by atoms with E-state index in [0.717, 1.165) is 43.5 Å². The summed E-state index contributed by atoms with van der Waals surface area (Å²) in [4.78, 5) is 2.50. The Morgan fingerprint density at radius 3 is 2.72 bits per heavy atom. The molecule has 1 aromatic carbocycles. The van der Waals surface area contributed by atoms with Crippen molar-refractivity contribution in [2.45, 2.75) is 25.8 Å². The van der Waals surface area contributed by atoms with Gasteiger partial charge in [-0.15, -0.1) is 0 Å². The molecule has 0 aliphatic carbocycles. The van der Waals surface area contributed by atoms with E-state index < -0.39 is 0 Å². The highest BCUT2D eigenvalue weighted by Crippen LogP contribution is 2.32. The average Bonchev–Trinajstić information content (AvgIpc) is 2.38. The molecule has 0 saturated carbocycles. The summed E-state index contributed by atoms with van der Waals surface area (Å²) in [5.74, 6) is -0.179. The van der Waals surface area contributed by atoms with Gasteiger partial charge in [0, 0.05) is 36.7 Å². The number of rotatable bonds is 4. The number of nitrogens with one attached hydrogen (secondary N) is 1. The molecule has 2 rings (SSSR count). The van der Waals surface area contributed by atoms with Crippen LogP contribution < -0.4 is 5.32 Å². The number of benzene rings is 1. The van der Waals surface area contributed by atoms with Gasteiger partial charge in [0.25, 0.3) is 0 Å². The lowest BCUT2D eigenvalue weighted by atomic mass is 10.00. The molecule has 0 radical (unpaired) electrons. The van der Waals surface area contributed by atoms with Gasteiger partial charge in [0.05, 0.1) is 0 Å². The highest BCUT2D eigenvalue weighted by molar-refractivity contribution is 9.10. The number of nitrogens with zero attached hydrogens (tertiary/aromatic N) is 1. The first kappa shape index (κ1) is 14.0. The zero-order chi connectivity index (χ0) is 13.0. The van der Waals surface area contributed by atoms with E-state index in [4.69, 9.17) is 0 Å². The van der Waals surface area contributed by atoms with Crippen LogP contribution in [0.2, 0.25) is 0 Å². The summed E-state index contributed by atoms with van der Waals surface area (Å²) in [6.45, 7) is 6.41. The van der Waals surface area contributed by atoms with E-state index in [0.29, 0.717) is 6.04 Å². The van der Waals surface area contributed by atoms with E-state index in [-0.39, 0.29) is 5.82 Å². The first-order valence-corrected chi connectivity index (χ1v) is 7.41. The summed E-state index contributed by atoms with van der Waals surface area (Å²) < 4.78 is 14.1. The third-order valence-corrected chi connectivity index (χ3v) is 4.16. The van der Waals surface area contributed by atoms with Crippen LogP contribution in [-0.4, -0.2) is 31.1 Å². The molecular formula is C14H20BrFN2. The molecule has 0 bridgehead atoms. The van der Waals surface area contributed by atoms with Crippen molar-refractivity contribution in [1.29, 1.82) is 0 Å². The summed E-state index contributed by atoms with van der Waals surface area (Å²) in [6.07, 6.45) is 2.25. The van der Waals surface area contributed by atoms with E-state index in [1.165, 1.54) is 5.56 Å². The van der Waals surface area contributed by atoms with Crippen LogP contribution >= 0.6 is 15.9 Å². The maximum atomic E-state index is 13.2. The van der Waals surface area contributed by atoms with Gasteiger partial charge in [-0.2, -0.15) is 0 Å². The van der Waals surface area contributed by atoms with E-state index in [1.54, 1.807) is 12.1 Å². The van der Waals surface area contributed by atoms with Crippen molar-refractivity contribution < 1.29 is 4.39 Å². The minimum Gasteiger partial charge on any atom is -0.314 e. The first-order valence-electron chi connectivity index (χ1n) is 6.62. The lowest BCUT2D eigenvalue weighted by Gasteiger charge is -2.35. The van der Waals surface area contributed by atoms with Gasteiger partial charge >= 0.3 is 0 Å². The van der Waals surface area contributed by atoms with Gasteiger partial charge in [0.1, 0.15) is 5.82 Å². The Morgan fingerprint density at radius 2 is 2.11 bits per heavy atom. The van der Waals surface area contributed by atoms with Crippen molar-refractivity contribution in [1.82, 2.24) is 10.2 Å². The van der Waals surface area contributed by atoms with Crippen LogP contribution in [0, 0.1) is 5.82 Å². The van der Waals surface area contributed by atoms with Crippen molar-refractivity contribution in [2.75, 3.05) is 26.2 Å². The summed E-state index contributed by atoms with van der Waals surface area (Å²) in [5, 5.41) is 3.37. The maximum absolute atomic E-state index is 13.2. The molecule has 4 heteroatoms. The molecule has 0 spiro atoms. The van der Waals surface area contributed by atoms with Crippen LogP contribution in [0.1, 0.15) is 31.4 Å². The quantitative estimate of drug-likeness (QED) is 0.917. The van der Waals surface area contributed by atoms with Gasteiger partial charge in [-0.25, -0.2) is 4.39 Å². The van der Waals surface area contributed by atoms with Crippen LogP contribution in [-0.2, 0) is 0 Å². The van der Waals surface area contributed by atoms with Gasteiger partial charge in [0.15, 0.2) is 0 Å². The first-order chi connectivity index (χ1) is 8.72. The molecule has 1 saturated heterocycles. The maximum Gasteiger partial charge on any atom is 0.124 e. The smallest absolute Gasteiger partial charge is 0.124 e.